The molecular weight excluding hydrogens is 324 g/mol. The Kier molecular flexibility index (Phi) is 6.58. The molecule has 0 aliphatic carbocycles. The first-order valence-corrected chi connectivity index (χ1v) is 7.92. The minimum absolute atomic E-state index is 0.322. The van der Waals surface area contributed by atoms with Crippen LogP contribution in [0.1, 0.15) is 19.4 Å². The largest absolute Gasteiger partial charge is 0.481 e. The van der Waals surface area contributed by atoms with Crippen molar-refractivity contribution in [3.8, 4) is 5.75 Å². The molecule has 24 heavy (non-hydrogen) atoms. The van der Waals surface area contributed by atoms with Crippen molar-refractivity contribution in [3.63, 3.8) is 0 Å². The second-order valence-corrected chi connectivity index (χ2v) is 5.62. The second-order valence-electron chi connectivity index (χ2n) is 5.19. The summed E-state index contributed by atoms with van der Waals surface area (Å²) >= 11 is 5.81. The number of hydrazone groups is 1. The zero-order chi connectivity index (χ0) is 17.4. The Bertz CT molecular complexity index is 725. The summed E-state index contributed by atoms with van der Waals surface area (Å²) in [7, 11) is 0. The van der Waals surface area contributed by atoms with Crippen LogP contribution in [0.25, 0.3) is 6.08 Å². The number of ether oxygens (including phenoxy) is 1. The molecule has 0 saturated heterocycles. The number of allylic oxidation sites excluding steroid dienone is 1. The van der Waals surface area contributed by atoms with Gasteiger partial charge in [0.15, 0.2) is 6.10 Å². The number of hydrogen-bond acceptors (Lipinski definition) is 3. The van der Waals surface area contributed by atoms with Crippen LogP contribution in [0.4, 0.5) is 0 Å². The average molecular weight is 343 g/mol. The lowest BCUT2D eigenvalue weighted by atomic mass is 10.2. The summed E-state index contributed by atoms with van der Waals surface area (Å²) in [6.45, 7) is 3.47. The Hall–Kier alpha value is -2.59. The summed E-state index contributed by atoms with van der Waals surface area (Å²) in [6, 6.07) is 16.7. The van der Waals surface area contributed by atoms with Gasteiger partial charge in [0.1, 0.15) is 5.75 Å². The standard InChI is InChI=1S/C19H19ClN2O2/c1-14(8-9-16-6-4-3-5-7-16)21-22-19(23)15(2)24-18-12-10-17(20)11-13-18/h3-13,15H,1-2H3,(H,22,23)/b9-8+,21-14-/t15-/m1/s1. The van der Waals surface area contributed by atoms with E-state index in [2.05, 4.69) is 10.5 Å². The smallest absolute Gasteiger partial charge is 0.280 e. The van der Waals surface area contributed by atoms with E-state index >= 15 is 0 Å². The molecule has 0 radical (unpaired) electrons. The molecule has 1 amide bonds. The van der Waals surface area contributed by atoms with Crippen molar-refractivity contribution in [2.24, 2.45) is 5.10 Å². The summed E-state index contributed by atoms with van der Waals surface area (Å²) in [6.07, 6.45) is 3.10. The van der Waals surface area contributed by atoms with Crippen LogP contribution < -0.4 is 10.2 Å². The molecule has 0 heterocycles. The fourth-order valence-corrected chi connectivity index (χ4v) is 1.95. The average Bonchev–Trinajstić information content (AvgIpc) is 2.60. The molecule has 124 valence electrons. The van der Waals surface area contributed by atoms with Crippen molar-refractivity contribution in [2.45, 2.75) is 20.0 Å². The highest BCUT2D eigenvalue weighted by Crippen LogP contribution is 2.16. The number of nitrogens with one attached hydrogen (secondary N) is 1. The van der Waals surface area contributed by atoms with Gasteiger partial charge in [-0.2, -0.15) is 5.10 Å². The highest BCUT2D eigenvalue weighted by atomic mass is 35.5. The molecule has 0 unspecified atom stereocenters. The van der Waals surface area contributed by atoms with Crippen molar-refractivity contribution in [3.05, 3.63) is 71.3 Å². The number of benzene rings is 2. The van der Waals surface area contributed by atoms with E-state index in [9.17, 15) is 4.79 Å². The summed E-state index contributed by atoms with van der Waals surface area (Å²) in [5, 5.41) is 4.66. The summed E-state index contributed by atoms with van der Waals surface area (Å²) in [5.41, 5.74) is 4.25. The molecule has 1 N–H and O–H groups in total. The van der Waals surface area contributed by atoms with E-state index in [1.165, 1.54) is 0 Å². The summed E-state index contributed by atoms with van der Waals surface area (Å²) in [4.78, 5) is 12.0. The van der Waals surface area contributed by atoms with E-state index < -0.39 is 6.10 Å². The number of halogens is 1. The second kappa shape index (κ2) is 8.89. The van der Waals surface area contributed by atoms with Crippen molar-refractivity contribution in [2.75, 3.05) is 0 Å². The van der Waals surface area contributed by atoms with Crippen LogP contribution in [0, 0.1) is 0 Å². The Labute approximate surface area is 146 Å². The Morgan fingerprint density at radius 1 is 1.17 bits per heavy atom. The zero-order valence-electron chi connectivity index (χ0n) is 13.6. The third-order valence-electron chi connectivity index (χ3n) is 3.15. The van der Waals surface area contributed by atoms with Crippen molar-refractivity contribution in [1.29, 1.82) is 0 Å². The van der Waals surface area contributed by atoms with Crippen molar-refractivity contribution >= 4 is 29.3 Å². The summed E-state index contributed by atoms with van der Waals surface area (Å²) in [5.74, 6) is 0.254. The predicted octanol–water partition coefficient (Wildman–Crippen LogP) is 4.31. The van der Waals surface area contributed by atoms with E-state index in [0.29, 0.717) is 16.5 Å². The molecule has 2 aromatic carbocycles. The molecular formula is C19H19ClN2O2. The number of amides is 1. The highest BCUT2D eigenvalue weighted by molar-refractivity contribution is 6.30. The molecule has 0 saturated carbocycles. The minimum Gasteiger partial charge on any atom is -0.481 e. The SMILES string of the molecule is CC(/C=C/c1ccccc1)=N/NC(=O)[C@@H](C)Oc1ccc(Cl)cc1. The maximum atomic E-state index is 12.0. The third-order valence-corrected chi connectivity index (χ3v) is 3.41. The van der Waals surface area contributed by atoms with Gasteiger partial charge in [0.2, 0.25) is 0 Å². The van der Waals surface area contributed by atoms with E-state index in [0.717, 1.165) is 5.56 Å². The number of rotatable bonds is 6. The van der Waals surface area contributed by atoms with E-state index in [1.807, 2.05) is 49.4 Å². The molecule has 0 bridgehead atoms. The fourth-order valence-electron chi connectivity index (χ4n) is 1.82. The highest BCUT2D eigenvalue weighted by Gasteiger charge is 2.13. The lowest BCUT2D eigenvalue weighted by Crippen LogP contribution is -2.33. The quantitative estimate of drug-likeness (QED) is 0.628. The van der Waals surface area contributed by atoms with Crippen LogP contribution in [-0.4, -0.2) is 17.7 Å². The van der Waals surface area contributed by atoms with Gasteiger partial charge in [-0.15, -0.1) is 0 Å². The third kappa shape index (κ3) is 5.89. The maximum absolute atomic E-state index is 12.0. The van der Waals surface area contributed by atoms with Crippen molar-refractivity contribution < 1.29 is 9.53 Å². The lowest BCUT2D eigenvalue weighted by molar-refractivity contribution is -0.127. The molecule has 0 aromatic heterocycles. The Morgan fingerprint density at radius 2 is 1.83 bits per heavy atom. The van der Waals surface area contributed by atoms with E-state index in [4.69, 9.17) is 16.3 Å². The Morgan fingerprint density at radius 3 is 2.50 bits per heavy atom. The van der Waals surface area contributed by atoms with Gasteiger partial charge >= 0.3 is 0 Å². The van der Waals surface area contributed by atoms with E-state index in [1.54, 1.807) is 31.2 Å². The van der Waals surface area contributed by atoms with Gasteiger partial charge in [0.05, 0.1) is 5.71 Å². The van der Waals surface area contributed by atoms with Gasteiger partial charge in [0.25, 0.3) is 5.91 Å². The van der Waals surface area contributed by atoms with Crippen LogP contribution in [-0.2, 0) is 4.79 Å². The Balaban J connectivity index is 1.86. The molecule has 4 nitrogen and oxygen atoms in total. The van der Waals surface area contributed by atoms with Gasteiger partial charge in [-0.3, -0.25) is 4.79 Å². The van der Waals surface area contributed by atoms with Gasteiger partial charge in [-0.25, -0.2) is 5.43 Å². The molecule has 0 aliphatic rings. The topological polar surface area (TPSA) is 50.7 Å². The van der Waals surface area contributed by atoms with Crippen LogP contribution in [0.15, 0.2) is 65.8 Å². The van der Waals surface area contributed by atoms with Crippen LogP contribution in [0.2, 0.25) is 5.02 Å². The molecule has 1 atom stereocenters. The first-order chi connectivity index (χ1) is 11.5. The molecule has 0 fully saturated rings. The first-order valence-electron chi connectivity index (χ1n) is 7.54. The summed E-state index contributed by atoms with van der Waals surface area (Å²) < 4.78 is 5.53. The first kappa shape index (κ1) is 17.8. The van der Waals surface area contributed by atoms with Crippen LogP contribution >= 0.6 is 11.6 Å². The van der Waals surface area contributed by atoms with Gasteiger partial charge in [-0.05, 0) is 49.8 Å². The number of carbonyl (C=O) groups excluding carboxylic acids is 1. The van der Waals surface area contributed by atoms with Crippen LogP contribution in [0.5, 0.6) is 5.75 Å². The zero-order valence-corrected chi connectivity index (χ0v) is 14.3. The van der Waals surface area contributed by atoms with E-state index in [-0.39, 0.29) is 5.91 Å². The molecule has 0 spiro atoms. The van der Waals surface area contributed by atoms with Crippen molar-refractivity contribution in [1.82, 2.24) is 5.43 Å². The number of carbonyl (C=O) groups is 1. The molecule has 5 heteroatoms. The predicted molar refractivity (Wildman–Crippen MR) is 98.3 cm³/mol. The molecule has 0 aliphatic heterocycles. The van der Waals surface area contributed by atoms with Gasteiger partial charge in [-0.1, -0.05) is 48.0 Å². The molecule has 2 rings (SSSR count). The minimum atomic E-state index is -0.666. The molecule has 2 aromatic rings. The number of hydrogen-bond donors (Lipinski definition) is 1. The fraction of sp³-hybridized carbons (Fsp3) is 0.158. The van der Waals surface area contributed by atoms with Crippen LogP contribution in [0.3, 0.4) is 0 Å². The maximum Gasteiger partial charge on any atom is 0.280 e. The number of nitrogens with zero attached hydrogens (tertiary/aromatic N) is 1. The lowest BCUT2D eigenvalue weighted by Gasteiger charge is -2.13. The van der Waals surface area contributed by atoms with Gasteiger partial charge < -0.3 is 4.74 Å². The monoisotopic (exact) mass is 342 g/mol. The normalized spacial score (nSPS) is 12.9. The van der Waals surface area contributed by atoms with Gasteiger partial charge in [0, 0.05) is 5.02 Å².